The van der Waals surface area contributed by atoms with E-state index in [0.29, 0.717) is 27.8 Å². The molecule has 3 aromatic rings. The minimum Gasteiger partial charge on any atom is -0.496 e. The van der Waals surface area contributed by atoms with Gasteiger partial charge in [0.1, 0.15) is 5.75 Å². The van der Waals surface area contributed by atoms with Gasteiger partial charge in [0.05, 0.1) is 18.4 Å². The van der Waals surface area contributed by atoms with Crippen LogP contribution < -0.4 is 9.46 Å². The van der Waals surface area contributed by atoms with E-state index < -0.39 is 16.0 Å². The summed E-state index contributed by atoms with van der Waals surface area (Å²) in [5.74, 6) is -0.347. The maximum absolute atomic E-state index is 12.8. The first kappa shape index (κ1) is 17.8. The second-order valence-electron chi connectivity index (χ2n) is 5.68. The van der Waals surface area contributed by atoms with Gasteiger partial charge in [-0.2, -0.15) is 0 Å². The van der Waals surface area contributed by atoms with Crippen molar-refractivity contribution < 1.29 is 23.1 Å². The molecule has 0 spiro atoms. The molecule has 0 aliphatic carbocycles. The van der Waals surface area contributed by atoms with Crippen molar-refractivity contribution in [3.05, 3.63) is 66.2 Å². The van der Waals surface area contributed by atoms with Crippen molar-refractivity contribution in [3.8, 4) is 5.75 Å². The average molecular weight is 371 g/mol. The molecule has 0 saturated carbocycles. The first-order valence-corrected chi connectivity index (χ1v) is 9.28. The first-order chi connectivity index (χ1) is 12.4. The number of aliphatic carboxylic acids is 1. The molecule has 0 aliphatic rings. The number of benzene rings is 3. The summed E-state index contributed by atoms with van der Waals surface area (Å²) in [6, 6.07) is 16.5. The lowest BCUT2D eigenvalue weighted by Gasteiger charge is -2.13. The lowest BCUT2D eigenvalue weighted by Crippen LogP contribution is -2.13. The quantitative estimate of drug-likeness (QED) is 0.694. The Kier molecular flexibility index (Phi) is 4.81. The van der Waals surface area contributed by atoms with Crippen LogP contribution in [-0.4, -0.2) is 26.6 Å². The van der Waals surface area contributed by atoms with Crippen molar-refractivity contribution in [1.29, 1.82) is 0 Å². The maximum Gasteiger partial charge on any atom is 0.307 e. The van der Waals surface area contributed by atoms with E-state index in [1.165, 1.54) is 13.2 Å². The zero-order valence-corrected chi connectivity index (χ0v) is 14.8. The molecule has 0 atom stereocenters. The zero-order valence-electron chi connectivity index (χ0n) is 14.0. The maximum atomic E-state index is 12.8. The molecule has 2 N–H and O–H groups in total. The highest BCUT2D eigenvalue weighted by Gasteiger charge is 2.19. The van der Waals surface area contributed by atoms with Crippen LogP contribution in [0.3, 0.4) is 0 Å². The number of carboxylic acids is 1. The third-order valence-electron chi connectivity index (χ3n) is 3.91. The van der Waals surface area contributed by atoms with Gasteiger partial charge in [-0.3, -0.25) is 9.52 Å². The molecule has 134 valence electrons. The summed E-state index contributed by atoms with van der Waals surface area (Å²) in [7, 11) is -2.29. The number of carboxylic acid groups (broad SMARTS) is 1. The Morgan fingerprint density at radius 2 is 1.65 bits per heavy atom. The molecule has 7 heteroatoms. The second-order valence-corrected chi connectivity index (χ2v) is 7.34. The minimum atomic E-state index is -3.82. The fraction of sp³-hybridized carbons (Fsp3) is 0.105. The third-order valence-corrected chi connectivity index (χ3v) is 5.35. The summed E-state index contributed by atoms with van der Waals surface area (Å²) in [6.45, 7) is 0. The van der Waals surface area contributed by atoms with Gasteiger partial charge < -0.3 is 9.84 Å². The predicted octanol–water partition coefficient (Wildman–Crippen LogP) is 3.28. The fourth-order valence-electron chi connectivity index (χ4n) is 2.73. The Balaban J connectivity index is 1.96. The second kappa shape index (κ2) is 7.05. The van der Waals surface area contributed by atoms with Crippen LogP contribution >= 0.6 is 0 Å². The Morgan fingerprint density at radius 1 is 1.00 bits per heavy atom. The Labute approximate surface area is 151 Å². The van der Waals surface area contributed by atoms with Crippen LogP contribution in [0.25, 0.3) is 10.8 Å². The van der Waals surface area contributed by atoms with Gasteiger partial charge in [0, 0.05) is 16.5 Å². The van der Waals surface area contributed by atoms with Crippen LogP contribution in [0.2, 0.25) is 0 Å². The summed E-state index contributed by atoms with van der Waals surface area (Å²) >= 11 is 0. The molecule has 3 aromatic carbocycles. The van der Waals surface area contributed by atoms with Crippen molar-refractivity contribution in [2.24, 2.45) is 0 Å². The number of fused-ring (bicyclic) bond motifs is 1. The van der Waals surface area contributed by atoms with Crippen molar-refractivity contribution in [2.75, 3.05) is 11.8 Å². The van der Waals surface area contributed by atoms with Gasteiger partial charge in [0.2, 0.25) is 0 Å². The highest BCUT2D eigenvalue weighted by molar-refractivity contribution is 7.93. The van der Waals surface area contributed by atoms with E-state index in [1.807, 2.05) is 6.07 Å². The molecule has 0 heterocycles. The highest BCUT2D eigenvalue weighted by Crippen LogP contribution is 2.31. The number of nitrogens with one attached hydrogen (secondary N) is 1. The molecule has 0 radical (unpaired) electrons. The normalized spacial score (nSPS) is 11.3. The van der Waals surface area contributed by atoms with E-state index in [0.717, 1.165) is 0 Å². The lowest BCUT2D eigenvalue weighted by molar-refractivity contribution is -0.136. The number of hydrogen-bond acceptors (Lipinski definition) is 4. The third kappa shape index (κ3) is 3.62. The Morgan fingerprint density at radius 3 is 2.27 bits per heavy atom. The summed E-state index contributed by atoms with van der Waals surface area (Å²) < 4.78 is 33.5. The summed E-state index contributed by atoms with van der Waals surface area (Å²) in [5, 5.41) is 10.1. The van der Waals surface area contributed by atoms with Crippen LogP contribution in [0.5, 0.6) is 5.75 Å². The largest absolute Gasteiger partial charge is 0.496 e. The van der Waals surface area contributed by atoms with E-state index in [9.17, 15) is 13.2 Å². The molecule has 0 amide bonds. The van der Waals surface area contributed by atoms with Crippen LogP contribution in [0.15, 0.2) is 65.6 Å². The van der Waals surface area contributed by atoms with Gasteiger partial charge in [-0.05, 0) is 29.8 Å². The van der Waals surface area contributed by atoms with Gasteiger partial charge in [-0.15, -0.1) is 0 Å². The minimum absolute atomic E-state index is 0.115. The van der Waals surface area contributed by atoms with E-state index >= 15 is 0 Å². The van der Waals surface area contributed by atoms with Gasteiger partial charge in [-0.25, -0.2) is 8.42 Å². The Hall–Kier alpha value is -3.06. The predicted molar refractivity (Wildman–Crippen MR) is 99.1 cm³/mol. The molecular weight excluding hydrogens is 354 g/mol. The molecule has 0 fully saturated rings. The van der Waals surface area contributed by atoms with Gasteiger partial charge in [0.15, 0.2) is 0 Å². The number of ether oxygens (including phenoxy) is 1. The number of hydrogen-bond donors (Lipinski definition) is 2. The molecule has 0 aliphatic heterocycles. The molecule has 0 aromatic heterocycles. The molecule has 0 bridgehead atoms. The number of anilines is 1. The van der Waals surface area contributed by atoms with Gasteiger partial charge in [-0.1, -0.05) is 36.4 Å². The van der Waals surface area contributed by atoms with Gasteiger partial charge in [0.25, 0.3) is 10.0 Å². The molecular formula is C19H17NO5S. The number of carbonyl (C=O) groups is 1. The molecule has 0 unspecified atom stereocenters. The van der Waals surface area contributed by atoms with E-state index in [2.05, 4.69) is 4.72 Å². The van der Waals surface area contributed by atoms with E-state index in [4.69, 9.17) is 9.84 Å². The van der Waals surface area contributed by atoms with E-state index in [-0.39, 0.29) is 11.3 Å². The smallest absolute Gasteiger partial charge is 0.307 e. The first-order valence-electron chi connectivity index (χ1n) is 7.80. The summed E-state index contributed by atoms with van der Waals surface area (Å²) in [4.78, 5) is 10.9. The molecule has 26 heavy (non-hydrogen) atoms. The standard InChI is InChI=1S/C19H17NO5S/c1-25-17-10-11-18(16-5-3-2-4-15(16)17)26(23,24)20-14-8-6-13(7-9-14)12-19(21)22/h2-11,20H,12H2,1H3,(H,21,22). The molecule has 3 rings (SSSR count). The molecule has 0 saturated heterocycles. The summed E-state index contributed by atoms with van der Waals surface area (Å²) in [6.07, 6.45) is -0.115. The van der Waals surface area contributed by atoms with Gasteiger partial charge >= 0.3 is 5.97 Å². The zero-order chi connectivity index (χ0) is 18.7. The summed E-state index contributed by atoms with van der Waals surface area (Å²) in [5.41, 5.74) is 0.953. The topological polar surface area (TPSA) is 92.7 Å². The van der Waals surface area contributed by atoms with Crippen molar-refractivity contribution in [3.63, 3.8) is 0 Å². The molecule has 6 nitrogen and oxygen atoms in total. The van der Waals surface area contributed by atoms with Crippen molar-refractivity contribution in [2.45, 2.75) is 11.3 Å². The highest BCUT2D eigenvalue weighted by atomic mass is 32.2. The number of rotatable bonds is 6. The number of methoxy groups -OCH3 is 1. The SMILES string of the molecule is COc1ccc(S(=O)(=O)Nc2ccc(CC(=O)O)cc2)c2ccccc12. The monoisotopic (exact) mass is 371 g/mol. The lowest BCUT2D eigenvalue weighted by atomic mass is 10.1. The van der Waals surface area contributed by atoms with E-state index in [1.54, 1.807) is 48.5 Å². The number of sulfonamides is 1. The van der Waals surface area contributed by atoms with Crippen LogP contribution in [0.1, 0.15) is 5.56 Å². The fourth-order valence-corrected chi connectivity index (χ4v) is 4.00. The Bertz CT molecular complexity index is 1060. The van der Waals surface area contributed by atoms with Crippen LogP contribution in [0.4, 0.5) is 5.69 Å². The van der Waals surface area contributed by atoms with Crippen molar-refractivity contribution in [1.82, 2.24) is 0 Å². The van der Waals surface area contributed by atoms with Crippen LogP contribution in [0, 0.1) is 0 Å². The van der Waals surface area contributed by atoms with Crippen LogP contribution in [-0.2, 0) is 21.2 Å². The average Bonchev–Trinajstić information content (AvgIpc) is 2.61. The van der Waals surface area contributed by atoms with Crippen molar-refractivity contribution >= 4 is 32.5 Å².